The van der Waals surface area contributed by atoms with Crippen LogP contribution in [0.25, 0.3) is 0 Å². The molecule has 0 saturated carbocycles. The van der Waals surface area contributed by atoms with E-state index in [4.69, 9.17) is 0 Å². The van der Waals surface area contributed by atoms with Gasteiger partial charge in [0.1, 0.15) is 5.75 Å². The van der Waals surface area contributed by atoms with Gasteiger partial charge in [-0.2, -0.15) is 0 Å². The number of aromatic hydroxyl groups is 3. The van der Waals surface area contributed by atoms with Crippen LogP contribution in [-0.4, -0.2) is 15.3 Å². The topological polar surface area (TPSA) is 60.7 Å². The number of phenols is 3. The van der Waals surface area contributed by atoms with Crippen LogP contribution in [0.2, 0.25) is 0 Å². The maximum absolute atomic E-state index is 10.0. The highest BCUT2D eigenvalue weighted by atomic mass is 16.3. The minimum Gasteiger partial charge on any atom is -0.507 e. The van der Waals surface area contributed by atoms with E-state index in [-0.39, 0.29) is 11.5 Å². The number of unbranched alkanes of at least 4 members (excludes halogenated alkanes) is 7. The summed E-state index contributed by atoms with van der Waals surface area (Å²) < 4.78 is 0. The fraction of sp³-hybridized carbons (Fsp3) is 0.448. The molecule has 0 aliphatic rings. The second-order valence-electron chi connectivity index (χ2n) is 8.60. The molecule has 0 spiro atoms. The predicted molar refractivity (Wildman–Crippen MR) is 134 cm³/mol. The maximum Gasteiger partial charge on any atom is 0.160 e. The van der Waals surface area contributed by atoms with Gasteiger partial charge in [0, 0.05) is 0 Å². The van der Waals surface area contributed by atoms with Gasteiger partial charge in [-0.25, -0.2) is 0 Å². The van der Waals surface area contributed by atoms with Crippen molar-refractivity contribution in [2.45, 2.75) is 84.0 Å². The molecule has 2 aromatic rings. The number of allylic oxidation sites excluding steroid dienone is 4. The lowest BCUT2D eigenvalue weighted by atomic mass is 10.0. The number of para-hydroxylation sites is 2. The lowest BCUT2D eigenvalue weighted by molar-refractivity contribution is 0.399. The van der Waals surface area contributed by atoms with E-state index in [2.05, 4.69) is 24.3 Å². The largest absolute Gasteiger partial charge is 0.507 e. The second-order valence-corrected chi connectivity index (χ2v) is 8.60. The molecule has 3 N–H and O–H groups in total. The summed E-state index contributed by atoms with van der Waals surface area (Å²) in [5.74, 6) is 0.462. The van der Waals surface area contributed by atoms with E-state index in [9.17, 15) is 15.3 Å². The van der Waals surface area contributed by atoms with E-state index in [0.29, 0.717) is 5.75 Å². The first-order chi connectivity index (χ1) is 15.6. The fourth-order valence-corrected chi connectivity index (χ4v) is 3.89. The highest BCUT2D eigenvalue weighted by Crippen LogP contribution is 2.29. The Morgan fingerprint density at radius 3 is 1.84 bits per heavy atom. The minimum atomic E-state index is -0.0338. The molecule has 3 nitrogen and oxygen atoms in total. The number of aryl methyl sites for hydroxylation is 3. The molecule has 2 rings (SSSR count). The highest BCUT2D eigenvalue weighted by molar-refractivity contribution is 5.44. The van der Waals surface area contributed by atoms with Crippen molar-refractivity contribution in [2.24, 2.45) is 0 Å². The first kappa shape index (κ1) is 25.6. The van der Waals surface area contributed by atoms with Crippen molar-refractivity contribution >= 4 is 0 Å². The molecule has 0 fully saturated rings. The number of phenolic OH excluding ortho intramolecular Hbond substituents is 3. The Hall–Kier alpha value is -2.68. The zero-order chi connectivity index (χ0) is 23.0. The van der Waals surface area contributed by atoms with Crippen molar-refractivity contribution in [3.8, 4) is 17.2 Å². The van der Waals surface area contributed by atoms with Crippen molar-refractivity contribution in [1.29, 1.82) is 0 Å². The maximum atomic E-state index is 10.0. The van der Waals surface area contributed by atoms with Crippen LogP contribution in [0, 0.1) is 6.92 Å². The van der Waals surface area contributed by atoms with E-state index in [0.717, 1.165) is 68.1 Å². The van der Waals surface area contributed by atoms with E-state index in [1.807, 2.05) is 31.2 Å². The third-order valence-corrected chi connectivity index (χ3v) is 5.91. The summed E-state index contributed by atoms with van der Waals surface area (Å²) in [5, 5.41) is 29.3. The van der Waals surface area contributed by atoms with E-state index >= 15 is 0 Å². The summed E-state index contributed by atoms with van der Waals surface area (Å²) in [4.78, 5) is 0. The van der Waals surface area contributed by atoms with Crippen molar-refractivity contribution in [3.63, 3.8) is 0 Å². The lowest BCUT2D eigenvalue weighted by Crippen LogP contribution is -1.89. The number of rotatable bonds is 15. The number of hydrogen-bond acceptors (Lipinski definition) is 3. The number of benzene rings is 2. The van der Waals surface area contributed by atoms with Gasteiger partial charge in [0.2, 0.25) is 0 Å². The van der Waals surface area contributed by atoms with Crippen LogP contribution in [-0.2, 0) is 12.8 Å². The Labute approximate surface area is 194 Å². The molecule has 0 unspecified atom stereocenters. The average molecular weight is 437 g/mol. The summed E-state index contributed by atoms with van der Waals surface area (Å²) in [7, 11) is 0. The molecule has 0 saturated heterocycles. The molecule has 32 heavy (non-hydrogen) atoms. The molecule has 3 heteroatoms. The second kappa shape index (κ2) is 15.2. The summed E-state index contributed by atoms with van der Waals surface area (Å²) in [6.45, 7) is 1.95. The van der Waals surface area contributed by atoms with Gasteiger partial charge >= 0.3 is 0 Å². The van der Waals surface area contributed by atoms with Crippen LogP contribution in [0.4, 0.5) is 0 Å². The smallest absolute Gasteiger partial charge is 0.160 e. The van der Waals surface area contributed by atoms with Crippen LogP contribution in [0.3, 0.4) is 0 Å². The zero-order valence-corrected chi connectivity index (χ0v) is 19.6. The molecule has 0 aliphatic heterocycles. The molecule has 2 aromatic carbocycles. The van der Waals surface area contributed by atoms with Crippen molar-refractivity contribution in [2.75, 3.05) is 0 Å². The first-order valence-electron chi connectivity index (χ1n) is 12.2. The summed E-state index contributed by atoms with van der Waals surface area (Å²) in [6.07, 6.45) is 22.2. The molecule has 0 aromatic heterocycles. The van der Waals surface area contributed by atoms with Gasteiger partial charge in [-0.05, 0) is 87.5 Å². The molecule has 0 bridgehead atoms. The Morgan fingerprint density at radius 1 is 0.594 bits per heavy atom. The standard InChI is InChI=1S/C29H40O3/c1-24-18-16-21-25(28(24)31)19-14-12-10-8-6-4-2-3-5-7-9-11-13-15-20-26-22-17-23-27(30)29(26)32/h2-3,7,9,16-18,21-23,30-32H,4-6,8,10-15,19-20H2,1H3. The van der Waals surface area contributed by atoms with Gasteiger partial charge < -0.3 is 15.3 Å². The van der Waals surface area contributed by atoms with Gasteiger partial charge in [0.25, 0.3) is 0 Å². The predicted octanol–water partition coefficient (Wildman–Crippen LogP) is 7.91. The SMILES string of the molecule is Cc1cccc(CCCCCCCC=CCC=CCCCCc2cccc(O)c2O)c1O. The molecule has 0 radical (unpaired) electrons. The molecular formula is C29H40O3. The Morgan fingerprint density at radius 2 is 1.12 bits per heavy atom. The van der Waals surface area contributed by atoms with Gasteiger partial charge in [-0.15, -0.1) is 0 Å². The van der Waals surface area contributed by atoms with Crippen molar-refractivity contribution < 1.29 is 15.3 Å². The Kier molecular flexibility index (Phi) is 12.1. The van der Waals surface area contributed by atoms with E-state index < -0.39 is 0 Å². The number of hydrogen-bond donors (Lipinski definition) is 3. The fourth-order valence-electron chi connectivity index (χ4n) is 3.89. The third kappa shape index (κ3) is 9.64. The summed E-state index contributed by atoms with van der Waals surface area (Å²) >= 11 is 0. The molecule has 0 aliphatic carbocycles. The highest BCUT2D eigenvalue weighted by Gasteiger charge is 2.05. The molecule has 0 atom stereocenters. The first-order valence-corrected chi connectivity index (χ1v) is 12.2. The average Bonchev–Trinajstić information content (AvgIpc) is 2.79. The normalized spacial score (nSPS) is 11.7. The van der Waals surface area contributed by atoms with E-state index in [1.54, 1.807) is 6.07 Å². The van der Waals surface area contributed by atoms with Crippen LogP contribution < -0.4 is 0 Å². The van der Waals surface area contributed by atoms with E-state index in [1.165, 1.54) is 31.7 Å². The molecular weight excluding hydrogens is 396 g/mol. The van der Waals surface area contributed by atoms with Crippen LogP contribution >= 0.6 is 0 Å². The zero-order valence-electron chi connectivity index (χ0n) is 19.6. The van der Waals surface area contributed by atoms with Crippen LogP contribution in [0.15, 0.2) is 60.7 Å². The van der Waals surface area contributed by atoms with Gasteiger partial charge in [-0.3, -0.25) is 0 Å². The Bertz CT molecular complexity index is 851. The van der Waals surface area contributed by atoms with Crippen molar-refractivity contribution in [3.05, 3.63) is 77.4 Å². The molecule has 0 heterocycles. The minimum absolute atomic E-state index is 0.0238. The van der Waals surface area contributed by atoms with Gasteiger partial charge in [-0.1, -0.05) is 73.9 Å². The summed E-state index contributed by atoms with van der Waals surface area (Å²) in [5.41, 5.74) is 2.87. The van der Waals surface area contributed by atoms with Gasteiger partial charge in [0.15, 0.2) is 11.5 Å². The quantitative estimate of drug-likeness (QED) is 0.151. The monoisotopic (exact) mass is 436 g/mol. The molecule has 174 valence electrons. The van der Waals surface area contributed by atoms with Gasteiger partial charge in [0.05, 0.1) is 0 Å². The van der Waals surface area contributed by atoms with Crippen LogP contribution in [0.1, 0.15) is 80.9 Å². The molecule has 0 amide bonds. The lowest BCUT2D eigenvalue weighted by Gasteiger charge is -2.06. The third-order valence-electron chi connectivity index (χ3n) is 5.91. The Balaban J connectivity index is 1.41. The van der Waals surface area contributed by atoms with Crippen LogP contribution in [0.5, 0.6) is 17.2 Å². The summed E-state index contributed by atoms with van der Waals surface area (Å²) in [6, 6.07) is 11.2. The van der Waals surface area contributed by atoms with Crippen molar-refractivity contribution in [1.82, 2.24) is 0 Å².